The molecule has 3 N–H and O–H groups in total. The summed E-state index contributed by atoms with van der Waals surface area (Å²) in [5.74, 6) is -0.0600. The molecule has 0 spiro atoms. The molecule has 0 radical (unpaired) electrons. The number of hydrogen-bond acceptors (Lipinski definition) is 2. The lowest BCUT2D eigenvalue weighted by Crippen LogP contribution is -2.26. The van der Waals surface area contributed by atoms with Gasteiger partial charge >= 0.3 is 0 Å². The fraction of sp³-hybridized carbons (Fsp3) is 0.333. The van der Waals surface area contributed by atoms with E-state index in [-0.39, 0.29) is 5.91 Å². The average Bonchev–Trinajstić information content (AvgIpc) is 2.90. The predicted molar refractivity (Wildman–Crippen MR) is 79.7 cm³/mol. The zero-order valence-corrected chi connectivity index (χ0v) is 12.9. The van der Waals surface area contributed by atoms with Crippen molar-refractivity contribution >= 4 is 34.1 Å². The largest absolute Gasteiger partial charge is 0.351 e. The molecule has 7 heteroatoms. The van der Waals surface area contributed by atoms with E-state index in [1.807, 2.05) is 19.4 Å². The van der Waals surface area contributed by atoms with Crippen LogP contribution in [0, 0.1) is 4.77 Å². The van der Waals surface area contributed by atoms with Gasteiger partial charge in [-0.15, -0.1) is 0 Å². The number of hydrogen-bond donors (Lipinski definition) is 3. The fourth-order valence-electron chi connectivity index (χ4n) is 1.83. The zero-order chi connectivity index (χ0) is 13.8. The highest BCUT2D eigenvalue weighted by Crippen LogP contribution is 2.13. The van der Waals surface area contributed by atoms with Crippen molar-refractivity contribution in [3.8, 4) is 0 Å². The summed E-state index contributed by atoms with van der Waals surface area (Å²) in [6.45, 7) is 0.632. The van der Waals surface area contributed by atoms with Crippen LogP contribution in [0.15, 0.2) is 22.9 Å². The van der Waals surface area contributed by atoms with Crippen molar-refractivity contribution < 1.29 is 4.79 Å². The van der Waals surface area contributed by atoms with Crippen LogP contribution in [0.5, 0.6) is 0 Å². The summed E-state index contributed by atoms with van der Waals surface area (Å²) >= 11 is 8.29. The Labute approximate surface area is 124 Å². The molecule has 0 fully saturated rings. The molecule has 0 unspecified atom stereocenters. The van der Waals surface area contributed by atoms with Gasteiger partial charge in [0.25, 0.3) is 5.91 Å². The molecule has 0 aliphatic carbocycles. The van der Waals surface area contributed by atoms with Crippen molar-refractivity contribution in [1.29, 1.82) is 0 Å². The zero-order valence-electron chi connectivity index (χ0n) is 10.5. The molecule has 0 saturated heterocycles. The van der Waals surface area contributed by atoms with Gasteiger partial charge in [-0.25, -0.2) is 0 Å². The minimum atomic E-state index is -0.0600. The third-order valence-electron chi connectivity index (χ3n) is 2.76. The molecule has 19 heavy (non-hydrogen) atoms. The second-order valence-corrected chi connectivity index (χ2v) is 5.61. The Hall–Kier alpha value is -1.34. The van der Waals surface area contributed by atoms with Gasteiger partial charge in [-0.2, -0.15) is 0 Å². The molecule has 0 aliphatic heterocycles. The van der Waals surface area contributed by atoms with Gasteiger partial charge in [0.2, 0.25) is 0 Å². The van der Waals surface area contributed by atoms with Crippen LogP contribution in [-0.2, 0) is 13.5 Å². The second-order valence-electron chi connectivity index (χ2n) is 4.28. The second kappa shape index (κ2) is 6.21. The molecule has 2 aromatic rings. The Balaban J connectivity index is 1.78. The highest BCUT2D eigenvalue weighted by Gasteiger charge is 2.09. The molecular formula is C12H15BrN4OS. The number of amides is 1. The lowest BCUT2D eigenvalue weighted by molar-refractivity contribution is 0.0945. The van der Waals surface area contributed by atoms with Gasteiger partial charge in [0.1, 0.15) is 5.69 Å². The summed E-state index contributed by atoms with van der Waals surface area (Å²) in [6.07, 6.45) is 5.43. The van der Waals surface area contributed by atoms with Gasteiger partial charge < -0.3 is 19.9 Å². The Morgan fingerprint density at radius 3 is 2.95 bits per heavy atom. The van der Waals surface area contributed by atoms with Gasteiger partial charge in [0, 0.05) is 36.2 Å². The molecule has 0 aliphatic rings. The normalized spacial score (nSPS) is 10.6. The molecule has 2 heterocycles. The number of carbonyl (C=O) groups is 1. The van der Waals surface area contributed by atoms with Crippen LogP contribution in [0.3, 0.4) is 0 Å². The first-order valence-electron chi connectivity index (χ1n) is 5.93. The molecule has 102 valence electrons. The lowest BCUT2D eigenvalue weighted by atomic mass is 10.2. The number of H-pyrrole nitrogens is 2. The number of nitrogens with zero attached hydrogens (tertiary/aromatic N) is 1. The number of rotatable bonds is 5. The van der Waals surface area contributed by atoms with E-state index in [4.69, 9.17) is 12.2 Å². The number of imidazole rings is 1. The van der Waals surface area contributed by atoms with Crippen molar-refractivity contribution in [2.45, 2.75) is 12.8 Å². The number of aromatic nitrogens is 3. The van der Waals surface area contributed by atoms with E-state index < -0.39 is 0 Å². The van der Waals surface area contributed by atoms with E-state index in [2.05, 4.69) is 31.2 Å². The van der Waals surface area contributed by atoms with E-state index in [0.29, 0.717) is 17.0 Å². The first-order valence-corrected chi connectivity index (χ1v) is 7.13. The molecule has 0 bridgehead atoms. The summed E-state index contributed by atoms with van der Waals surface area (Å²) in [7, 11) is 1.85. The Morgan fingerprint density at radius 2 is 2.37 bits per heavy atom. The SMILES string of the molecule is Cn1cc(Br)cc1C(=O)NCCCc1c[nH]c(=S)[nH]1. The number of nitrogens with one attached hydrogen (secondary N) is 3. The van der Waals surface area contributed by atoms with Crippen molar-refractivity contribution in [2.24, 2.45) is 7.05 Å². The van der Waals surface area contributed by atoms with Crippen LogP contribution < -0.4 is 5.32 Å². The smallest absolute Gasteiger partial charge is 0.267 e. The van der Waals surface area contributed by atoms with Gasteiger partial charge in [-0.3, -0.25) is 4.79 Å². The molecule has 2 aromatic heterocycles. The van der Waals surface area contributed by atoms with Crippen molar-refractivity contribution in [3.05, 3.63) is 39.1 Å². The van der Waals surface area contributed by atoms with E-state index >= 15 is 0 Å². The van der Waals surface area contributed by atoms with E-state index in [0.717, 1.165) is 23.0 Å². The summed E-state index contributed by atoms with van der Waals surface area (Å²) < 4.78 is 3.33. The monoisotopic (exact) mass is 342 g/mol. The average molecular weight is 343 g/mol. The van der Waals surface area contributed by atoms with E-state index in [1.165, 1.54) is 0 Å². The summed E-state index contributed by atoms with van der Waals surface area (Å²) in [4.78, 5) is 17.9. The van der Waals surface area contributed by atoms with Crippen LogP contribution in [0.1, 0.15) is 22.6 Å². The third kappa shape index (κ3) is 3.81. The number of carbonyl (C=O) groups excluding carboxylic acids is 1. The van der Waals surface area contributed by atoms with Crippen molar-refractivity contribution in [2.75, 3.05) is 6.54 Å². The molecular weight excluding hydrogens is 328 g/mol. The Bertz CT molecular complexity index is 628. The van der Waals surface area contributed by atoms with Crippen molar-refractivity contribution in [1.82, 2.24) is 19.9 Å². The minimum absolute atomic E-state index is 0.0600. The number of halogens is 1. The van der Waals surface area contributed by atoms with Gasteiger partial charge in [0.15, 0.2) is 4.77 Å². The van der Waals surface area contributed by atoms with E-state index in [1.54, 1.807) is 10.6 Å². The molecule has 1 amide bonds. The first kappa shape index (κ1) is 14.1. The predicted octanol–water partition coefficient (Wildman–Crippen LogP) is 2.54. The molecule has 2 rings (SSSR count). The highest BCUT2D eigenvalue weighted by atomic mass is 79.9. The number of aromatic amines is 2. The molecule has 0 atom stereocenters. The van der Waals surface area contributed by atoms with Crippen LogP contribution in [0.2, 0.25) is 0 Å². The molecule has 0 saturated carbocycles. The first-order chi connectivity index (χ1) is 9.06. The van der Waals surface area contributed by atoms with Gasteiger partial charge in [0.05, 0.1) is 0 Å². The number of aryl methyl sites for hydroxylation is 2. The highest BCUT2D eigenvalue weighted by molar-refractivity contribution is 9.10. The van der Waals surface area contributed by atoms with Gasteiger partial charge in [-0.05, 0) is 47.1 Å². The molecule has 0 aromatic carbocycles. The summed E-state index contributed by atoms with van der Waals surface area (Å²) in [5.41, 5.74) is 1.70. The van der Waals surface area contributed by atoms with Crippen LogP contribution in [-0.4, -0.2) is 27.0 Å². The third-order valence-corrected chi connectivity index (χ3v) is 3.42. The van der Waals surface area contributed by atoms with Gasteiger partial charge in [-0.1, -0.05) is 0 Å². The van der Waals surface area contributed by atoms with E-state index in [9.17, 15) is 4.79 Å². The lowest BCUT2D eigenvalue weighted by Gasteiger charge is -2.05. The standard InChI is InChI=1S/C12H15BrN4OS/c1-17-7-8(13)5-10(17)11(18)14-4-2-3-9-6-15-12(19)16-9/h5-7H,2-4H2,1H3,(H,14,18)(H2,15,16,19). The van der Waals surface area contributed by atoms with Crippen molar-refractivity contribution in [3.63, 3.8) is 0 Å². The topological polar surface area (TPSA) is 65.6 Å². The maximum atomic E-state index is 11.9. The fourth-order valence-corrected chi connectivity index (χ4v) is 2.54. The Morgan fingerprint density at radius 1 is 1.58 bits per heavy atom. The molecule has 5 nitrogen and oxygen atoms in total. The van der Waals surface area contributed by atoms with Crippen LogP contribution in [0.25, 0.3) is 0 Å². The summed E-state index contributed by atoms with van der Waals surface area (Å²) in [5, 5.41) is 2.90. The Kier molecular flexibility index (Phi) is 4.60. The minimum Gasteiger partial charge on any atom is -0.351 e. The summed E-state index contributed by atoms with van der Waals surface area (Å²) in [6, 6.07) is 1.80. The quantitative estimate of drug-likeness (QED) is 0.577. The van der Waals surface area contributed by atoms with Crippen LogP contribution >= 0.6 is 28.1 Å². The van der Waals surface area contributed by atoms with Crippen LogP contribution in [0.4, 0.5) is 0 Å². The maximum absolute atomic E-state index is 11.9. The maximum Gasteiger partial charge on any atom is 0.267 e.